The lowest BCUT2D eigenvalue weighted by Crippen LogP contribution is -2.35. The number of aliphatic hydroxyl groups is 1. The summed E-state index contributed by atoms with van der Waals surface area (Å²) in [6.45, 7) is 8.79. The van der Waals surface area contributed by atoms with Crippen LogP contribution in [0.25, 0.3) is 0 Å². The van der Waals surface area contributed by atoms with E-state index >= 15 is 0 Å². The molecule has 8 heteroatoms. The highest BCUT2D eigenvalue weighted by Gasteiger charge is 2.27. The van der Waals surface area contributed by atoms with E-state index in [1.807, 2.05) is 44.2 Å². The SMILES string of the molecule is CC1(C)OCc2cc([C@@H](O)CNCCCCCCOCCCCc3cccc(N4CCNC4=O)c3)ccc2O1. The van der Waals surface area contributed by atoms with E-state index in [1.165, 1.54) is 5.56 Å². The van der Waals surface area contributed by atoms with Crippen LogP contribution in [-0.2, 0) is 22.5 Å². The molecule has 1 atom stereocenters. The van der Waals surface area contributed by atoms with E-state index in [-0.39, 0.29) is 6.03 Å². The fourth-order valence-corrected chi connectivity index (χ4v) is 4.96. The normalized spacial score (nSPS) is 17.0. The molecular weight excluding hydrogens is 494 g/mol. The Bertz CT molecular complexity index is 1060. The van der Waals surface area contributed by atoms with Crippen LogP contribution in [0, 0.1) is 0 Å². The quantitative estimate of drug-likeness (QED) is 0.258. The molecule has 1 fully saturated rings. The molecule has 1 saturated heterocycles. The summed E-state index contributed by atoms with van der Waals surface area (Å²) in [5.41, 5.74) is 4.11. The molecule has 2 amide bonds. The second-order valence-corrected chi connectivity index (χ2v) is 10.9. The maximum atomic E-state index is 11.9. The highest BCUT2D eigenvalue weighted by atomic mass is 16.7. The Morgan fingerprint density at radius 3 is 2.72 bits per heavy atom. The molecule has 0 spiro atoms. The van der Waals surface area contributed by atoms with Crippen molar-refractivity contribution in [1.29, 1.82) is 0 Å². The number of anilines is 1. The van der Waals surface area contributed by atoms with Crippen molar-refractivity contribution in [3.63, 3.8) is 0 Å². The third kappa shape index (κ3) is 9.21. The number of urea groups is 1. The average Bonchev–Trinajstić information content (AvgIpc) is 3.36. The van der Waals surface area contributed by atoms with Gasteiger partial charge in [0.05, 0.1) is 12.7 Å². The van der Waals surface area contributed by atoms with E-state index in [2.05, 4.69) is 22.8 Å². The van der Waals surface area contributed by atoms with E-state index in [9.17, 15) is 9.90 Å². The highest BCUT2D eigenvalue weighted by molar-refractivity contribution is 5.94. The van der Waals surface area contributed by atoms with Gasteiger partial charge in [-0.3, -0.25) is 4.90 Å². The van der Waals surface area contributed by atoms with Gasteiger partial charge in [-0.1, -0.05) is 31.0 Å². The first-order chi connectivity index (χ1) is 18.9. The molecule has 2 aromatic carbocycles. The Morgan fingerprint density at radius 2 is 1.90 bits per heavy atom. The third-order valence-electron chi connectivity index (χ3n) is 7.21. The zero-order valence-electron chi connectivity index (χ0n) is 23.5. The molecule has 214 valence electrons. The molecule has 8 nitrogen and oxygen atoms in total. The molecule has 2 aliphatic heterocycles. The van der Waals surface area contributed by atoms with E-state index < -0.39 is 11.9 Å². The highest BCUT2D eigenvalue weighted by Crippen LogP contribution is 2.32. The number of aryl methyl sites for hydroxylation is 1. The van der Waals surface area contributed by atoms with Gasteiger partial charge in [-0.25, -0.2) is 4.79 Å². The Morgan fingerprint density at radius 1 is 1.08 bits per heavy atom. The zero-order valence-corrected chi connectivity index (χ0v) is 23.5. The second-order valence-electron chi connectivity index (χ2n) is 10.9. The van der Waals surface area contributed by atoms with Gasteiger partial charge in [0.1, 0.15) is 5.75 Å². The van der Waals surface area contributed by atoms with Crippen LogP contribution in [0.3, 0.4) is 0 Å². The molecule has 0 radical (unpaired) electrons. The number of carbonyl (C=O) groups is 1. The van der Waals surface area contributed by atoms with E-state index in [0.717, 1.165) is 93.8 Å². The summed E-state index contributed by atoms with van der Waals surface area (Å²) in [4.78, 5) is 13.7. The van der Waals surface area contributed by atoms with Gasteiger partial charge in [0.2, 0.25) is 5.79 Å². The molecule has 0 aromatic heterocycles. The van der Waals surface area contributed by atoms with Crippen LogP contribution in [0.2, 0.25) is 0 Å². The van der Waals surface area contributed by atoms with Gasteiger partial charge in [0, 0.05) is 57.9 Å². The van der Waals surface area contributed by atoms with Crippen LogP contribution in [0.1, 0.15) is 75.2 Å². The van der Waals surface area contributed by atoms with Gasteiger partial charge >= 0.3 is 6.03 Å². The van der Waals surface area contributed by atoms with Crippen molar-refractivity contribution in [1.82, 2.24) is 10.6 Å². The lowest BCUT2D eigenvalue weighted by molar-refractivity contribution is -0.180. The Balaban J connectivity index is 0.971. The van der Waals surface area contributed by atoms with Crippen LogP contribution in [0.15, 0.2) is 42.5 Å². The number of ether oxygens (including phenoxy) is 3. The fourth-order valence-electron chi connectivity index (χ4n) is 4.96. The summed E-state index contributed by atoms with van der Waals surface area (Å²) in [5, 5.41) is 16.8. The number of nitrogens with zero attached hydrogens (tertiary/aromatic N) is 1. The number of rotatable bonds is 16. The first-order valence-corrected chi connectivity index (χ1v) is 14.5. The number of nitrogens with one attached hydrogen (secondary N) is 2. The maximum absolute atomic E-state index is 11.9. The zero-order chi connectivity index (χ0) is 27.5. The van der Waals surface area contributed by atoms with Crippen LogP contribution in [0.4, 0.5) is 10.5 Å². The van der Waals surface area contributed by atoms with Gasteiger partial charge in [0.25, 0.3) is 0 Å². The summed E-state index contributed by atoms with van der Waals surface area (Å²) in [6, 6.07) is 14.1. The summed E-state index contributed by atoms with van der Waals surface area (Å²) >= 11 is 0. The molecule has 0 aliphatic carbocycles. The van der Waals surface area contributed by atoms with E-state index in [4.69, 9.17) is 14.2 Å². The third-order valence-corrected chi connectivity index (χ3v) is 7.21. The smallest absolute Gasteiger partial charge is 0.321 e. The maximum Gasteiger partial charge on any atom is 0.321 e. The number of carbonyl (C=O) groups excluding carboxylic acids is 1. The van der Waals surface area contributed by atoms with Crippen molar-refractivity contribution in [2.24, 2.45) is 0 Å². The molecule has 39 heavy (non-hydrogen) atoms. The van der Waals surface area contributed by atoms with Crippen LogP contribution in [-0.4, -0.2) is 56.3 Å². The molecule has 3 N–H and O–H groups in total. The molecule has 2 heterocycles. The standard InChI is InChI=1S/C31H45N3O5/c1-31(2)38-23-26-21-25(13-14-29(26)39-31)28(35)22-32-15-6-3-4-7-18-37-19-8-5-10-24-11-9-12-27(20-24)34-17-16-33-30(34)36/h9,11-14,20-21,28,32,35H,3-8,10,15-19,22-23H2,1-2H3,(H,33,36)/t28-/m0/s1. The Hall–Kier alpha value is -2.65. The number of benzene rings is 2. The minimum Gasteiger partial charge on any atom is -0.463 e. The lowest BCUT2D eigenvalue weighted by Gasteiger charge is -2.33. The largest absolute Gasteiger partial charge is 0.463 e. The van der Waals surface area contributed by atoms with Crippen LogP contribution in [0.5, 0.6) is 5.75 Å². The van der Waals surface area contributed by atoms with Gasteiger partial charge in [0.15, 0.2) is 0 Å². The van der Waals surface area contributed by atoms with Gasteiger partial charge in [-0.2, -0.15) is 0 Å². The number of amides is 2. The van der Waals surface area contributed by atoms with Crippen molar-refractivity contribution < 1.29 is 24.1 Å². The number of hydrogen-bond acceptors (Lipinski definition) is 6. The van der Waals surface area contributed by atoms with Gasteiger partial charge in [-0.05, 0) is 74.0 Å². The Kier molecular flexibility index (Phi) is 11.0. The fraction of sp³-hybridized carbons (Fsp3) is 0.581. The number of aliphatic hydroxyl groups excluding tert-OH is 1. The van der Waals surface area contributed by atoms with Crippen molar-refractivity contribution in [2.75, 3.05) is 44.3 Å². The molecule has 4 rings (SSSR count). The van der Waals surface area contributed by atoms with Crippen molar-refractivity contribution >= 4 is 11.7 Å². The van der Waals surface area contributed by atoms with E-state index in [1.54, 1.807) is 4.90 Å². The first kappa shape index (κ1) is 29.3. The summed E-state index contributed by atoms with van der Waals surface area (Å²) < 4.78 is 17.4. The molecule has 0 saturated carbocycles. The predicted octanol–water partition coefficient (Wildman–Crippen LogP) is 5.08. The van der Waals surface area contributed by atoms with Crippen molar-refractivity contribution in [3.8, 4) is 5.75 Å². The van der Waals surface area contributed by atoms with E-state index in [0.29, 0.717) is 19.7 Å². The molecule has 2 aromatic rings. The summed E-state index contributed by atoms with van der Waals surface area (Å²) in [6.07, 6.45) is 7.06. The molecular formula is C31H45N3O5. The van der Waals surface area contributed by atoms with Crippen molar-refractivity contribution in [2.45, 2.75) is 77.3 Å². The van der Waals surface area contributed by atoms with Crippen LogP contribution >= 0.6 is 0 Å². The van der Waals surface area contributed by atoms with Crippen molar-refractivity contribution in [3.05, 3.63) is 59.2 Å². The summed E-state index contributed by atoms with van der Waals surface area (Å²) in [7, 11) is 0. The topological polar surface area (TPSA) is 92.3 Å². The monoisotopic (exact) mass is 539 g/mol. The van der Waals surface area contributed by atoms with Gasteiger partial charge in [-0.15, -0.1) is 0 Å². The number of hydrogen-bond donors (Lipinski definition) is 3. The second kappa shape index (κ2) is 14.7. The first-order valence-electron chi connectivity index (χ1n) is 14.5. The predicted molar refractivity (Wildman–Crippen MR) is 153 cm³/mol. The van der Waals surface area contributed by atoms with Gasteiger partial charge < -0.3 is 30.0 Å². The molecule has 0 bridgehead atoms. The summed E-state index contributed by atoms with van der Waals surface area (Å²) in [5.74, 6) is 0.223. The minimum absolute atomic E-state index is 0.00628. The number of unbranched alkanes of at least 4 members (excludes halogenated alkanes) is 4. The number of fused-ring (bicyclic) bond motifs is 1. The lowest BCUT2D eigenvalue weighted by atomic mass is 10.0. The van der Waals surface area contributed by atoms with Crippen LogP contribution < -0.4 is 20.3 Å². The average molecular weight is 540 g/mol. The molecule has 2 aliphatic rings. The minimum atomic E-state index is -0.606. The molecule has 0 unspecified atom stereocenters. The Labute approximate surface area is 233 Å².